The maximum absolute atomic E-state index is 6.21. The minimum absolute atomic E-state index is 0.476. The van der Waals surface area contributed by atoms with Gasteiger partial charge >= 0.3 is 0 Å². The Hall–Kier alpha value is -6.73. The molecule has 0 bridgehead atoms. The molecular weight excluding hydrogens is 594 g/mol. The Labute approximate surface area is 275 Å². The van der Waals surface area contributed by atoms with E-state index in [2.05, 4.69) is 36.4 Å². The van der Waals surface area contributed by atoms with Gasteiger partial charge in [-0.15, -0.1) is 0 Å². The Morgan fingerprint density at radius 3 is 1.19 bits per heavy atom. The van der Waals surface area contributed by atoms with Crippen LogP contribution in [0.3, 0.4) is 0 Å². The largest absolute Gasteiger partial charge is 0.436 e. The van der Waals surface area contributed by atoms with E-state index in [0.717, 1.165) is 50.0 Å². The summed E-state index contributed by atoms with van der Waals surface area (Å²) in [6, 6.07) is 49.9. The first-order valence-corrected chi connectivity index (χ1v) is 15.6. The van der Waals surface area contributed by atoms with Crippen LogP contribution in [0.1, 0.15) is 0 Å². The Morgan fingerprint density at radius 2 is 0.667 bits per heavy atom. The van der Waals surface area contributed by atoms with Gasteiger partial charge in [-0.3, -0.25) is 0 Å². The zero-order chi connectivity index (χ0) is 31.9. The van der Waals surface area contributed by atoms with E-state index in [1.165, 1.54) is 0 Å². The zero-order valence-corrected chi connectivity index (χ0v) is 25.5. The van der Waals surface area contributed by atoms with Crippen molar-refractivity contribution in [1.29, 1.82) is 0 Å². The fraction of sp³-hybridized carbons (Fsp3) is 0. The van der Waals surface area contributed by atoms with Gasteiger partial charge in [0.15, 0.2) is 28.6 Å². The number of oxazole rings is 2. The summed E-state index contributed by atoms with van der Waals surface area (Å²) in [4.78, 5) is 24.5. The number of hydrogen-bond donors (Lipinski definition) is 0. The van der Waals surface area contributed by atoms with Crippen molar-refractivity contribution in [3.8, 4) is 68.2 Å². The molecule has 9 rings (SSSR count). The summed E-state index contributed by atoms with van der Waals surface area (Å²) in [5.41, 5.74) is 9.22. The molecule has 0 radical (unpaired) electrons. The molecular formula is C41H25N5O2. The van der Waals surface area contributed by atoms with Crippen LogP contribution in [-0.2, 0) is 0 Å². The van der Waals surface area contributed by atoms with Gasteiger partial charge in [0.1, 0.15) is 11.0 Å². The third-order valence-corrected chi connectivity index (χ3v) is 8.19. The number of rotatable bonds is 6. The average molecular weight is 620 g/mol. The van der Waals surface area contributed by atoms with Crippen molar-refractivity contribution in [2.24, 2.45) is 0 Å². The van der Waals surface area contributed by atoms with Crippen LogP contribution in [0.5, 0.6) is 0 Å². The molecule has 0 unspecified atom stereocenters. The third-order valence-electron chi connectivity index (χ3n) is 8.19. The number of benzene rings is 6. The van der Waals surface area contributed by atoms with Crippen LogP contribution in [-0.4, -0.2) is 24.9 Å². The normalized spacial score (nSPS) is 11.3. The number of hydrogen-bond acceptors (Lipinski definition) is 7. The Morgan fingerprint density at radius 1 is 0.292 bits per heavy atom. The third kappa shape index (κ3) is 5.19. The van der Waals surface area contributed by atoms with Crippen molar-refractivity contribution in [1.82, 2.24) is 24.9 Å². The highest BCUT2D eigenvalue weighted by molar-refractivity contribution is 5.82. The molecule has 7 heteroatoms. The van der Waals surface area contributed by atoms with E-state index in [0.29, 0.717) is 40.4 Å². The monoisotopic (exact) mass is 619 g/mol. The molecule has 3 heterocycles. The van der Waals surface area contributed by atoms with Crippen LogP contribution in [0.2, 0.25) is 0 Å². The second-order valence-corrected chi connectivity index (χ2v) is 11.4. The van der Waals surface area contributed by atoms with Gasteiger partial charge in [0, 0.05) is 27.8 Å². The molecule has 0 aliphatic carbocycles. The molecule has 48 heavy (non-hydrogen) atoms. The molecule has 0 atom stereocenters. The first-order chi connectivity index (χ1) is 23.7. The molecule has 0 spiro atoms. The van der Waals surface area contributed by atoms with Crippen molar-refractivity contribution < 1.29 is 8.83 Å². The number of fused-ring (bicyclic) bond motifs is 2. The quantitative estimate of drug-likeness (QED) is 0.183. The summed E-state index contributed by atoms with van der Waals surface area (Å²) < 4.78 is 12.4. The zero-order valence-electron chi connectivity index (χ0n) is 25.5. The highest BCUT2D eigenvalue weighted by Gasteiger charge is 2.19. The highest BCUT2D eigenvalue weighted by Crippen LogP contribution is 2.35. The van der Waals surface area contributed by atoms with Gasteiger partial charge in [-0.2, -0.15) is 0 Å². The van der Waals surface area contributed by atoms with E-state index < -0.39 is 0 Å². The fourth-order valence-electron chi connectivity index (χ4n) is 5.79. The van der Waals surface area contributed by atoms with Crippen molar-refractivity contribution in [3.05, 3.63) is 152 Å². The molecule has 3 aromatic heterocycles. The smallest absolute Gasteiger partial charge is 0.227 e. The highest BCUT2D eigenvalue weighted by atomic mass is 16.4. The van der Waals surface area contributed by atoms with Crippen LogP contribution in [0, 0.1) is 0 Å². The van der Waals surface area contributed by atoms with E-state index in [4.69, 9.17) is 33.8 Å². The van der Waals surface area contributed by atoms with Gasteiger partial charge < -0.3 is 8.83 Å². The lowest BCUT2D eigenvalue weighted by Crippen LogP contribution is -2.00. The van der Waals surface area contributed by atoms with Gasteiger partial charge in [-0.1, -0.05) is 109 Å². The van der Waals surface area contributed by atoms with Gasteiger partial charge in [0.25, 0.3) is 0 Å². The van der Waals surface area contributed by atoms with Crippen LogP contribution in [0.25, 0.3) is 90.4 Å². The summed E-state index contributed by atoms with van der Waals surface area (Å²) in [6.45, 7) is 0. The molecule has 0 saturated heterocycles. The molecule has 226 valence electrons. The summed E-state index contributed by atoms with van der Waals surface area (Å²) in [5.74, 6) is 2.59. The Bertz CT molecular complexity index is 2400. The van der Waals surface area contributed by atoms with Gasteiger partial charge in [-0.25, -0.2) is 24.9 Å². The molecule has 0 fully saturated rings. The van der Waals surface area contributed by atoms with Gasteiger partial charge in [0.05, 0.1) is 0 Å². The number of aromatic nitrogens is 5. The second-order valence-electron chi connectivity index (χ2n) is 11.4. The van der Waals surface area contributed by atoms with E-state index in [1.807, 2.05) is 115 Å². The maximum Gasteiger partial charge on any atom is 0.227 e. The van der Waals surface area contributed by atoms with Crippen LogP contribution < -0.4 is 0 Å². The summed E-state index contributed by atoms with van der Waals surface area (Å²) in [6.07, 6.45) is 0. The Balaban J connectivity index is 1.23. The van der Waals surface area contributed by atoms with Crippen molar-refractivity contribution >= 4 is 22.2 Å². The molecule has 0 aliphatic heterocycles. The number of para-hydroxylation sites is 4. The van der Waals surface area contributed by atoms with E-state index in [9.17, 15) is 0 Å². The SMILES string of the molecule is c1ccc(-c2ccc(-c3nc(-c4ccccc4)nc(-c4cc(-c5nc6ccccc6o5)cc(-c5nc6ccccc6o5)c4)n3)cc2)cc1. The lowest BCUT2D eigenvalue weighted by molar-refractivity contribution is 0.617. The summed E-state index contributed by atoms with van der Waals surface area (Å²) in [7, 11) is 0. The van der Waals surface area contributed by atoms with Crippen LogP contribution >= 0.6 is 0 Å². The van der Waals surface area contributed by atoms with Crippen molar-refractivity contribution in [2.45, 2.75) is 0 Å². The lowest BCUT2D eigenvalue weighted by Gasteiger charge is -2.10. The Kier molecular flexibility index (Phi) is 6.64. The lowest BCUT2D eigenvalue weighted by atomic mass is 10.0. The van der Waals surface area contributed by atoms with Crippen LogP contribution in [0.4, 0.5) is 0 Å². The molecule has 7 nitrogen and oxygen atoms in total. The molecule has 9 aromatic rings. The first-order valence-electron chi connectivity index (χ1n) is 15.6. The van der Waals surface area contributed by atoms with E-state index in [-0.39, 0.29) is 0 Å². The molecule has 6 aromatic carbocycles. The minimum Gasteiger partial charge on any atom is -0.436 e. The molecule has 0 N–H and O–H groups in total. The van der Waals surface area contributed by atoms with Crippen molar-refractivity contribution in [3.63, 3.8) is 0 Å². The van der Waals surface area contributed by atoms with Gasteiger partial charge in [-0.05, 0) is 53.6 Å². The number of nitrogens with zero attached hydrogens (tertiary/aromatic N) is 5. The van der Waals surface area contributed by atoms with Crippen LogP contribution in [0.15, 0.2) is 160 Å². The predicted molar refractivity (Wildman–Crippen MR) is 188 cm³/mol. The first kappa shape index (κ1) is 27.6. The maximum atomic E-state index is 6.21. The topological polar surface area (TPSA) is 90.7 Å². The standard InChI is InChI=1S/C41H25N5O2/c1-3-11-26(12-4-1)27-19-21-29(22-20-27)38-44-37(28-13-5-2-6-14-28)45-39(46-38)30-23-31(40-42-33-15-7-9-17-35(33)47-40)25-32(24-30)41-43-34-16-8-10-18-36(34)48-41/h1-25H. The molecule has 0 aliphatic rings. The van der Waals surface area contributed by atoms with Crippen molar-refractivity contribution in [2.75, 3.05) is 0 Å². The minimum atomic E-state index is 0.476. The predicted octanol–water partition coefficient (Wildman–Crippen LogP) is 10.2. The second kappa shape index (κ2) is 11.6. The van der Waals surface area contributed by atoms with E-state index >= 15 is 0 Å². The molecule has 0 amide bonds. The average Bonchev–Trinajstić information content (AvgIpc) is 3.81. The molecule has 0 saturated carbocycles. The van der Waals surface area contributed by atoms with Gasteiger partial charge in [0.2, 0.25) is 11.8 Å². The van der Waals surface area contributed by atoms with E-state index in [1.54, 1.807) is 0 Å². The summed E-state index contributed by atoms with van der Waals surface area (Å²) >= 11 is 0. The fourth-order valence-corrected chi connectivity index (χ4v) is 5.79. The summed E-state index contributed by atoms with van der Waals surface area (Å²) in [5, 5.41) is 0.